The lowest BCUT2D eigenvalue weighted by molar-refractivity contribution is -0.137. The molecule has 1 fully saturated rings. The summed E-state index contributed by atoms with van der Waals surface area (Å²) < 4.78 is 46.7. The molecule has 7 nitrogen and oxygen atoms in total. The number of aryl methyl sites for hydroxylation is 1. The van der Waals surface area contributed by atoms with Crippen molar-refractivity contribution in [1.29, 1.82) is 0 Å². The summed E-state index contributed by atoms with van der Waals surface area (Å²) in [5, 5.41) is 4.04. The number of para-hydroxylation sites is 1. The summed E-state index contributed by atoms with van der Waals surface area (Å²) in [6, 6.07) is 12.7. The number of alkyl halides is 3. The molecule has 3 aromatic rings. The Morgan fingerprint density at radius 1 is 1.03 bits per heavy atom. The molecule has 1 aromatic heterocycles. The van der Waals surface area contributed by atoms with Gasteiger partial charge in [-0.25, -0.2) is 4.68 Å². The Morgan fingerprint density at radius 2 is 1.67 bits per heavy atom. The number of ether oxygens (including phenoxy) is 1. The number of hydrogen-bond acceptors (Lipinski definition) is 5. The van der Waals surface area contributed by atoms with Crippen LogP contribution in [0, 0.1) is 12.8 Å². The molecule has 0 N–H and O–H groups in total. The molecule has 1 amide bonds. The molecule has 2 aromatic carbocycles. The highest BCUT2D eigenvalue weighted by Gasteiger charge is 2.35. The first-order valence-corrected chi connectivity index (χ1v) is 11.3. The van der Waals surface area contributed by atoms with Gasteiger partial charge in [-0.1, -0.05) is 12.1 Å². The van der Waals surface area contributed by atoms with Gasteiger partial charge in [0, 0.05) is 36.3 Å². The minimum absolute atomic E-state index is 0.0377. The highest BCUT2D eigenvalue weighted by Crippen LogP contribution is 2.33. The van der Waals surface area contributed by atoms with E-state index in [1.165, 1.54) is 37.1 Å². The number of nitrogens with zero attached hydrogens (tertiary/aromatic N) is 3. The standard InChI is InChI=1S/C26H24F3N3O4/c1-16-15-22(33)23(30-32(16)21-6-4-3-5-20(21)26(27,28)29)25(35)31-13-11-18(12-14-31)24(34)17-7-9-19(36-2)10-8-17/h3-10,15,18H,11-14H2,1-2H3. The number of carbonyl (C=O) groups excluding carboxylic acids is 2. The number of Topliss-reactive ketones (excluding diaryl/α,β-unsaturated/α-hetero) is 1. The first kappa shape index (κ1) is 25.2. The molecule has 2 heterocycles. The molecular formula is C26H24F3N3O4. The predicted molar refractivity (Wildman–Crippen MR) is 126 cm³/mol. The smallest absolute Gasteiger partial charge is 0.418 e. The fourth-order valence-corrected chi connectivity index (χ4v) is 4.32. The van der Waals surface area contributed by atoms with Gasteiger partial charge in [0.2, 0.25) is 5.43 Å². The van der Waals surface area contributed by atoms with E-state index in [9.17, 15) is 27.6 Å². The number of halogens is 3. The second-order valence-corrected chi connectivity index (χ2v) is 8.58. The maximum absolute atomic E-state index is 13.5. The first-order valence-electron chi connectivity index (χ1n) is 11.3. The molecule has 0 atom stereocenters. The van der Waals surface area contributed by atoms with Crippen LogP contribution in [0.4, 0.5) is 13.2 Å². The lowest BCUT2D eigenvalue weighted by Gasteiger charge is -2.31. The molecule has 0 aliphatic carbocycles. The van der Waals surface area contributed by atoms with Gasteiger partial charge in [0.05, 0.1) is 18.4 Å². The summed E-state index contributed by atoms with van der Waals surface area (Å²) in [5.74, 6) is -0.359. The molecule has 4 rings (SSSR count). The van der Waals surface area contributed by atoms with E-state index >= 15 is 0 Å². The van der Waals surface area contributed by atoms with Crippen LogP contribution in [0.2, 0.25) is 0 Å². The molecule has 0 radical (unpaired) electrons. The van der Waals surface area contributed by atoms with Crippen LogP contribution in [-0.2, 0) is 6.18 Å². The summed E-state index contributed by atoms with van der Waals surface area (Å²) >= 11 is 0. The summed E-state index contributed by atoms with van der Waals surface area (Å²) in [6.07, 6.45) is -3.85. The maximum atomic E-state index is 13.5. The topological polar surface area (TPSA) is 81.5 Å². The quantitative estimate of drug-likeness (QED) is 0.489. The predicted octanol–water partition coefficient (Wildman–Crippen LogP) is 4.30. The largest absolute Gasteiger partial charge is 0.497 e. The second-order valence-electron chi connectivity index (χ2n) is 8.58. The molecule has 1 saturated heterocycles. The fourth-order valence-electron chi connectivity index (χ4n) is 4.32. The van der Waals surface area contributed by atoms with Gasteiger partial charge in [0.25, 0.3) is 5.91 Å². The Hall–Kier alpha value is -3.95. The van der Waals surface area contributed by atoms with Crippen LogP contribution in [0.3, 0.4) is 0 Å². The number of likely N-dealkylation sites (tertiary alicyclic amines) is 1. The lowest BCUT2D eigenvalue weighted by atomic mass is 9.88. The molecule has 1 aliphatic rings. The van der Waals surface area contributed by atoms with Crippen molar-refractivity contribution in [3.8, 4) is 11.4 Å². The van der Waals surface area contributed by atoms with Crippen LogP contribution in [0.5, 0.6) is 5.75 Å². The van der Waals surface area contributed by atoms with Crippen molar-refractivity contribution in [2.24, 2.45) is 5.92 Å². The number of piperidine rings is 1. The third-order valence-electron chi connectivity index (χ3n) is 6.28. The van der Waals surface area contributed by atoms with E-state index in [0.29, 0.717) is 24.2 Å². The fraction of sp³-hybridized carbons (Fsp3) is 0.308. The zero-order chi connectivity index (χ0) is 26.0. The van der Waals surface area contributed by atoms with E-state index in [1.54, 1.807) is 24.3 Å². The van der Waals surface area contributed by atoms with E-state index in [4.69, 9.17) is 4.74 Å². The number of hydrogen-bond donors (Lipinski definition) is 0. The number of carbonyl (C=O) groups is 2. The van der Waals surface area contributed by atoms with Crippen LogP contribution in [-0.4, -0.2) is 46.6 Å². The molecule has 1 aliphatic heterocycles. The van der Waals surface area contributed by atoms with Crippen molar-refractivity contribution in [3.05, 3.63) is 87.3 Å². The Morgan fingerprint density at radius 3 is 2.28 bits per heavy atom. The number of rotatable bonds is 5. The van der Waals surface area contributed by atoms with Gasteiger partial charge in [-0.3, -0.25) is 14.4 Å². The first-order chi connectivity index (χ1) is 17.1. The Balaban J connectivity index is 1.54. The number of benzene rings is 2. The van der Waals surface area contributed by atoms with Crippen molar-refractivity contribution in [2.75, 3.05) is 20.2 Å². The molecule has 0 unspecified atom stereocenters. The SMILES string of the molecule is COc1ccc(C(=O)C2CCN(C(=O)c3nn(-c4ccccc4C(F)(F)F)c(C)cc3=O)CC2)cc1. The van der Waals surface area contributed by atoms with Crippen LogP contribution in [0.15, 0.2) is 59.4 Å². The van der Waals surface area contributed by atoms with Crippen molar-refractivity contribution >= 4 is 11.7 Å². The van der Waals surface area contributed by atoms with Gasteiger partial charge in [-0.15, -0.1) is 0 Å². The maximum Gasteiger partial charge on any atom is 0.418 e. The van der Waals surface area contributed by atoms with E-state index < -0.39 is 28.8 Å². The Bertz CT molecular complexity index is 1340. The summed E-state index contributed by atoms with van der Waals surface area (Å²) in [7, 11) is 1.54. The van der Waals surface area contributed by atoms with Gasteiger partial charge in [0.1, 0.15) is 5.75 Å². The molecule has 0 saturated carbocycles. The van der Waals surface area contributed by atoms with Crippen LogP contribution in [0.25, 0.3) is 5.69 Å². The monoisotopic (exact) mass is 499 g/mol. The third kappa shape index (κ3) is 5.02. The van der Waals surface area contributed by atoms with E-state index in [0.717, 1.165) is 16.8 Å². The van der Waals surface area contributed by atoms with Crippen molar-refractivity contribution in [3.63, 3.8) is 0 Å². The number of amides is 1. The second kappa shape index (κ2) is 9.96. The molecular weight excluding hydrogens is 475 g/mol. The summed E-state index contributed by atoms with van der Waals surface area (Å²) in [4.78, 5) is 40.0. The average Bonchev–Trinajstić information content (AvgIpc) is 2.87. The average molecular weight is 499 g/mol. The third-order valence-corrected chi connectivity index (χ3v) is 6.28. The Labute approximate surface area is 205 Å². The molecule has 0 bridgehead atoms. The lowest BCUT2D eigenvalue weighted by Crippen LogP contribution is -2.42. The Kier molecular flexibility index (Phi) is 6.96. The van der Waals surface area contributed by atoms with Crippen LogP contribution < -0.4 is 10.2 Å². The van der Waals surface area contributed by atoms with Crippen molar-refractivity contribution < 1.29 is 27.5 Å². The van der Waals surface area contributed by atoms with Gasteiger partial charge in [-0.2, -0.15) is 18.3 Å². The van der Waals surface area contributed by atoms with Crippen molar-refractivity contribution in [2.45, 2.75) is 25.9 Å². The van der Waals surface area contributed by atoms with Crippen LogP contribution in [0.1, 0.15) is 44.9 Å². The van der Waals surface area contributed by atoms with Gasteiger partial charge in [0.15, 0.2) is 11.5 Å². The normalized spacial score (nSPS) is 14.5. The van der Waals surface area contributed by atoms with E-state index in [-0.39, 0.29) is 36.2 Å². The van der Waals surface area contributed by atoms with Crippen molar-refractivity contribution in [1.82, 2.24) is 14.7 Å². The van der Waals surface area contributed by atoms with E-state index in [1.807, 2.05) is 0 Å². The summed E-state index contributed by atoms with van der Waals surface area (Å²) in [6.45, 7) is 1.89. The molecule has 36 heavy (non-hydrogen) atoms. The number of ketones is 1. The van der Waals surface area contributed by atoms with Crippen LogP contribution >= 0.6 is 0 Å². The minimum Gasteiger partial charge on any atom is -0.497 e. The number of aromatic nitrogens is 2. The highest BCUT2D eigenvalue weighted by molar-refractivity contribution is 5.98. The minimum atomic E-state index is -4.64. The van der Waals surface area contributed by atoms with Gasteiger partial charge in [-0.05, 0) is 56.2 Å². The molecule has 10 heteroatoms. The van der Waals surface area contributed by atoms with E-state index in [2.05, 4.69) is 5.10 Å². The molecule has 0 spiro atoms. The number of methoxy groups -OCH3 is 1. The molecule has 188 valence electrons. The highest BCUT2D eigenvalue weighted by atomic mass is 19.4. The summed E-state index contributed by atoms with van der Waals surface area (Å²) in [5.41, 5.74) is -1.63. The van der Waals surface area contributed by atoms with Gasteiger partial charge >= 0.3 is 6.18 Å². The zero-order valence-electron chi connectivity index (χ0n) is 19.7. The zero-order valence-corrected chi connectivity index (χ0v) is 19.7. The van der Waals surface area contributed by atoms with Gasteiger partial charge < -0.3 is 9.64 Å².